The zero-order valence-corrected chi connectivity index (χ0v) is 13.1. The van der Waals surface area contributed by atoms with Crippen molar-refractivity contribution in [3.05, 3.63) is 23.2 Å². The molecular formula is C15H21ClN2O3. The number of carbonyl (C=O) groups is 1. The van der Waals surface area contributed by atoms with Gasteiger partial charge in [0.1, 0.15) is 5.75 Å². The van der Waals surface area contributed by atoms with Gasteiger partial charge in [-0.1, -0.05) is 11.6 Å². The van der Waals surface area contributed by atoms with Crippen LogP contribution in [0.25, 0.3) is 0 Å². The molecule has 116 valence electrons. The Morgan fingerprint density at radius 1 is 1.48 bits per heavy atom. The number of hydrogen-bond acceptors (Lipinski definition) is 3. The number of nitrogens with zero attached hydrogens (tertiary/aromatic N) is 1. The number of methoxy groups -OCH3 is 1. The van der Waals surface area contributed by atoms with Crippen molar-refractivity contribution in [3.63, 3.8) is 0 Å². The Kier molecular flexibility index (Phi) is 5.31. The van der Waals surface area contributed by atoms with Gasteiger partial charge >= 0.3 is 6.03 Å². The van der Waals surface area contributed by atoms with Crippen molar-refractivity contribution in [2.75, 3.05) is 25.5 Å². The van der Waals surface area contributed by atoms with E-state index < -0.39 is 0 Å². The van der Waals surface area contributed by atoms with Gasteiger partial charge in [-0.05, 0) is 43.9 Å². The van der Waals surface area contributed by atoms with Gasteiger partial charge < -0.3 is 20.1 Å². The number of anilines is 1. The summed E-state index contributed by atoms with van der Waals surface area (Å²) in [5.74, 6) is 0.858. The number of benzene rings is 1. The van der Waals surface area contributed by atoms with Crippen molar-refractivity contribution in [3.8, 4) is 5.75 Å². The van der Waals surface area contributed by atoms with Crippen LogP contribution >= 0.6 is 11.6 Å². The quantitative estimate of drug-likeness (QED) is 0.902. The molecule has 0 aliphatic carbocycles. The third-order valence-electron chi connectivity index (χ3n) is 3.91. The van der Waals surface area contributed by atoms with Crippen molar-refractivity contribution < 1.29 is 14.6 Å². The molecule has 1 heterocycles. The standard InChI is InChI=1S/C15H21ClN2O3/c1-10(19)11-5-7-18(8-6-11)15(20)17-12-3-4-14(21-2)13(16)9-12/h3-4,9-11,19H,5-8H2,1-2H3,(H,17,20). The number of aliphatic hydroxyl groups excluding tert-OH is 1. The van der Waals surface area contributed by atoms with Gasteiger partial charge in [0.2, 0.25) is 0 Å². The van der Waals surface area contributed by atoms with E-state index in [1.807, 2.05) is 0 Å². The molecular weight excluding hydrogens is 292 g/mol. The Hall–Kier alpha value is -1.46. The summed E-state index contributed by atoms with van der Waals surface area (Å²) in [6.45, 7) is 3.12. The number of halogens is 1. The third-order valence-corrected chi connectivity index (χ3v) is 4.21. The molecule has 1 aliphatic rings. The highest BCUT2D eigenvalue weighted by atomic mass is 35.5. The molecule has 2 N–H and O–H groups in total. The molecule has 1 atom stereocenters. The van der Waals surface area contributed by atoms with E-state index in [1.165, 1.54) is 0 Å². The topological polar surface area (TPSA) is 61.8 Å². The summed E-state index contributed by atoms with van der Waals surface area (Å²) in [4.78, 5) is 13.9. The highest BCUT2D eigenvalue weighted by molar-refractivity contribution is 6.32. The van der Waals surface area contributed by atoms with E-state index in [1.54, 1.807) is 37.1 Å². The molecule has 1 saturated heterocycles. The predicted molar refractivity (Wildman–Crippen MR) is 83.0 cm³/mol. The first-order valence-electron chi connectivity index (χ1n) is 7.08. The first-order chi connectivity index (χ1) is 10.0. The van der Waals surface area contributed by atoms with Gasteiger partial charge in [0.15, 0.2) is 0 Å². The predicted octanol–water partition coefficient (Wildman–Crippen LogP) is 2.97. The van der Waals surface area contributed by atoms with Crippen molar-refractivity contribution >= 4 is 23.3 Å². The van der Waals surface area contributed by atoms with Gasteiger partial charge in [-0.3, -0.25) is 0 Å². The number of amides is 2. The van der Waals surface area contributed by atoms with Crippen molar-refractivity contribution in [2.45, 2.75) is 25.9 Å². The smallest absolute Gasteiger partial charge is 0.321 e. The normalized spacial score (nSPS) is 17.4. The van der Waals surface area contributed by atoms with E-state index in [-0.39, 0.29) is 18.1 Å². The van der Waals surface area contributed by atoms with Gasteiger partial charge in [-0.25, -0.2) is 4.79 Å². The number of ether oxygens (including phenoxy) is 1. The first-order valence-corrected chi connectivity index (χ1v) is 7.46. The molecule has 1 unspecified atom stereocenters. The van der Waals surface area contributed by atoms with E-state index in [0.717, 1.165) is 12.8 Å². The maximum absolute atomic E-state index is 12.2. The summed E-state index contributed by atoms with van der Waals surface area (Å²) in [7, 11) is 1.55. The van der Waals surface area contributed by atoms with Crippen molar-refractivity contribution in [2.24, 2.45) is 5.92 Å². The van der Waals surface area contributed by atoms with Gasteiger partial charge in [0.25, 0.3) is 0 Å². The number of piperidine rings is 1. The molecule has 0 bridgehead atoms. The fourth-order valence-corrected chi connectivity index (χ4v) is 2.79. The van der Waals surface area contributed by atoms with Crippen LogP contribution in [0.15, 0.2) is 18.2 Å². The monoisotopic (exact) mass is 312 g/mol. The molecule has 0 radical (unpaired) electrons. The van der Waals surface area contributed by atoms with Crippen molar-refractivity contribution in [1.82, 2.24) is 4.90 Å². The van der Waals surface area contributed by atoms with E-state index in [4.69, 9.17) is 16.3 Å². The largest absolute Gasteiger partial charge is 0.495 e. The lowest BCUT2D eigenvalue weighted by Crippen LogP contribution is -2.42. The summed E-state index contributed by atoms with van der Waals surface area (Å²) < 4.78 is 5.08. The molecule has 0 spiro atoms. The molecule has 1 aromatic rings. The lowest BCUT2D eigenvalue weighted by Gasteiger charge is -2.33. The summed E-state index contributed by atoms with van der Waals surface area (Å²) in [6.07, 6.45) is 1.35. The Morgan fingerprint density at radius 2 is 2.14 bits per heavy atom. The lowest BCUT2D eigenvalue weighted by molar-refractivity contribution is 0.0820. The average Bonchev–Trinajstić information content (AvgIpc) is 2.47. The van der Waals surface area contributed by atoms with Crippen LogP contribution in [0.2, 0.25) is 5.02 Å². The highest BCUT2D eigenvalue weighted by Crippen LogP contribution is 2.27. The third kappa shape index (κ3) is 4.02. The molecule has 0 saturated carbocycles. The number of hydrogen-bond donors (Lipinski definition) is 2. The highest BCUT2D eigenvalue weighted by Gasteiger charge is 2.25. The molecule has 2 amide bonds. The Balaban J connectivity index is 1.92. The fourth-order valence-electron chi connectivity index (χ4n) is 2.53. The maximum atomic E-state index is 12.2. The summed E-state index contributed by atoms with van der Waals surface area (Å²) in [5, 5.41) is 12.9. The second-order valence-electron chi connectivity index (χ2n) is 5.34. The van der Waals surface area contributed by atoms with Crippen molar-refractivity contribution in [1.29, 1.82) is 0 Å². The number of rotatable bonds is 3. The zero-order valence-electron chi connectivity index (χ0n) is 12.3. The summed E-state index contributed by atoms with van der Waals surface area (Å²) in [5.41, 5.74) is 0.642. The van der Waals surface area contributed by atoms with Crippen LogP contribution in [0.5, 0.6) is 5.75 Å². The number of carbonyl (C=O) groups excluding carboxylic acids is 1. The second-order valence-corrected chi connectivity index (χ2v) is 5.75. The van der Waals surface area contributed by atoms with Gasteiger partial charge in [0.05, 0.1) is 18.2 Å². The molecule has 6 heteroatoms. The van der Waals surface area contributed by atoms with Crippen LogP contribution in [0.3, 0.4) is 0 Å². The van der Waals surface area contributed by atoms with Gasteiger partial charge in [-0.2, -0.15) is 0 Å². The first kappa shape index (κ1) is 15.9. The molecule has 5 nitrogen and oxygen atoms in total. The fraction of sp³-hybridized carbons (Fsp3) is 0.533. The van der Waals surface area contributed by atoms with Crippen LogP contribution in [0.4, 0.5) is 10.5 Å². The number of nitrogens with one attached hydrogen (secondary N) is 1. The Bertz CT molecular complexity index is 500. The molecule has 0 aromatic heterocycles. The Morgan fingerprint density at radius 3 is 2.67 bits per heavy atom. The maximum Gasteiger partial charge on any atom is 0.321 e. The SMILES string of the molecule is COc1ccc(NC(=O)N2CCC(C(C)O)CC2)cc1Cl. The number of likely N-dealkylation sites (tertiary alicyclic amines) is 1. The van der Waals surface area contributed by atoms with Gasteiger partial charge in [-0.15, -0.1) is 0 Å². The van der Waals surface area contributed by atoms with Crippen LogP contribution in [0.1, 0.15) is 19.8 Å². The minimum Gasteiger partial charge on any atom is -0.495 e. The molecule has 1 aliphatic heterocycles. The van der Waals surface area contributed by atoms with E-state index in [9.17, 15) is 9.90 Å². The van der Waals surface area contributed by atoms with Crippen LogP contribution in [-0.2, 0) is 0 Å². The summed E-state index contributed by atoms with van der Waals surface area (Å²) >= 11 is 6.04. The molecule has 21 heavy (non-hydrogen) atoms. The minimum absolute atomic E-state index is 0.139. The molecule has 1 fully saturated rings. The van der Waals surface area contributed by atoms with E-state index >= 15 is 0 Å². The number of aliphatic hydroxyl groups is 1. The van der Waals surface area contributed by atoms with Crippen LogP contribution < -0.4 is 10.1 Å². The van der Waals surface area contributed by atoms with Gasteiger partial charge in [0, 0.05) is 18.8 Å². The van der Waals surface area contributed by atoms with E-state index in [2.05, 4.69) is 5.32 Å². The lowest BCUT2D eigenvalue weighted by atomic mass is 9.92. The average molecular weight is 313 g/mol. The van der Waals surface area contributed by atoms with Crippen LogP contribution in [-0.4, -0.2) is 42.3 Å². The van der Waals surface area contributed by atoms with E-state index in [0.29, 0.717) is 29.5 Å². The minimum atomic E-state index is -0.310. The Labute approximate surface area is 129 Å². The molecule has 1 aromatic carbocycles. The van der Waals surface area contributed by atoms with Crippen LogP contribution in [0, 0.1) is 5.92 Å². The number of urea groups is 1. The second kappa shape index (κ2) is 7.00. The molecule has 2 rings (SSSR count). The summed E-state index contributed by atoms with van der Waals surface area (Å²) in [6, 6.07) is 5.00. The zero-order chi connectivity index (χ0) is 15.4.